The molecule has 37 heavy (non-hydrogen) atoms. The zero-order valence-corrected chi connectivity index (χ0v) is 24.4. The SMILES string of the molecule is Cc1cc2c(oc3cc(F)ccc32)c(-c2cc(CC(C)(C)C)c3cc(F)c([Si](C)(C)C)cc3[n+]2C)c1C. The molecule has 3 aromatic carbocycles. The van der Waals surface area contributed by atoms with Crippen molar-refractivity contribution in [1.29, 1.82) is 0 Å². The number of rotatable bonds is 3. The highest BCUT2D eigenvalue weighted by molar-refractivity contribution is 6.88. The van der Waals surface area contributed by atoms with Crippen molar-refractivity contribution in [3.63, 3.8) is 0 Å². The molecule has 192 valence electrons. The van der Waals surface area contributed by atoms with Gasteiger partial charge in [-0.3, -0.25) is 0 Å². The third-order valence-electron chi connectivity index (χ3n) is 7.49. The lowest BCUT2D eigenvalue weighted by molar-refractivity contribution is -0.633. The van der Waals surface area contributed by atoms with Crippen LogP contribution in [-0.2, 0) is 13.5 Å². The van der Waals surface area contributed by atoms with Crippen LogP contribution in [-0.4, -0.2) is 8.07 Å². The molecule has 0 N–H and O–H groups in total. The van der Waals surface area contributed by atoms with Crippen LogP contribution in [0.25, 0.3) is 44.1 Å². The topological polar surface area (TPSA) is 17.0 Å². The van der Waals surface area contributed by atoms with Crippen LogP contribution < -0.4 is 9.75 Å². The molecule has 0 spiro atoms. The van der Waals surface area contributed by atoms with Crippen LogP contribution in [0.1, 0.15) is 37.5 Å². The second-order valence-electron chi connectivity index (χ2n) is 12.8. The van der Waals surface area contributed by atoms with Gasteiger partial charge >= 0.3 is 0 Å². The Labute approximate surface area is 218 Å². The number of fused-ring (bicyclic) bond motifs is 4. The van der Waals surface area contributed by atoms with Crippen molar-refractivity contribution >= 4 is 46.1 Å². The molecule has 2 aromatic heterocycles. The van der Waals surface area contributed by atoms with Crippen molar-refractivity contribution < 1.29 is 17.8 Å². The molecule has 0 saturated heterocycles. The number of aryl methyl sites for hydroxylation is 2. The monoisotopic (exact) mass is 516 g/mol. The lowest BCUT2D eigenvalue weighted by atomic mass is 9.85. The number of pyridine rings is 1. The Morgan fingerprint density at radius 3 is 2.24 bits per heavy atom. The number of nitrogens with zero attached hydrogens (tertiary/aromatic N) is 1. The van der Waals surface area contributed by atoms with Crippen LogP contribution in [0.3, 0.4) is 0 Å². The Morgan fingerprint density at radius 2 is 1.59 bits per heavy atom. The fraction of sp³-hybridized carbons (Fsp3) is 0.344. The quantitative estimate of drug-likeness (QED) is 0.174. The van der Waals surface area contributed by atoms with Crippen LogP contribution in [0, 0.1) is 30.9 Å². The van der Waals surface area contributed by atoms with Crippen LogP contribution >= 0.6 is 0 Å². The standard InChI is InChI=1S/C32H36F2NOSi/c1-18-12-24-22-11-10-21(33)14-28(22)36-31(24)30(19(18)2)27-13-20(17-32(3,4)5)23-15-25(34)29(37(7,8)9)16-26(23)35(27)6/h10-16H,17H2,1-9H3/q+1. The van der Waals surface area contributed by atoms with Crippen molar-refractivity contribution in [1.82, 2.24) is 0 Å². The molecular formula is C32H36F2NOSi+. The Hall–Kier alpha value is -3.05. The molecule has 0 aliphatic carbocycles. The normalized spacial score (nSPS) is 12.8. The van der Waals surface area contributed by atoms with E-state index in [1.165, 1.54) is 12.1 Å². The summed E-state index contributed by atoms with van der Waals surface area (Å²) in [6.45, 7) is 17.4. The van der Waals surface area contributed by atoms with Crippen molar-refractivity contribution in [2.45, 2.75) is 60.7 Å². The van der Waals surface area contributed by atoms with Crippen molar-refractivity contribution in [3.8, 4) is 11.3 Å². The molecular weight excluding hydrogens is 480 g/mol. The second kappa shape index (κ2) is 8.49. The van der Waals surface area contributed by atoms with Crippen molar-refractivity contribution in [2.24, 2.45) is 12.5 Å². The first kappa shape index (κ1) is 25.6. The fourth-order valence-electron chi connectivity index (χ4n) is 5.52. The van der Waals surface area contributed by atoms with Gasteiger partial charge < -0.3 is 4.42 Å². The summed E-state index contributed by atoms with van der Waals surface area (Å²) in [5.74, 6) is -0.422. The molecule has 0 fully saturated rings. The van der Waals surface area contributed by atoms with Gasteiger partial charge in [0.25, 0.3) is 0 Å². The summed E-state index contributed by atoms with van der Waals surface area (Å²) in [6, 6.07) is 12.9. The third-order valence-corrected chi connectivity index (χ3v) is 9.49. The fourth-order valence-corrected chi connectivity index (χ4v) is 6.88. The number of hydrogen-bond donors (Lipinski definition) is 0. The number of aromatic nitrogens is 1. The van der Waals surface area contributed by atoms with Crippen LogP contribution in [0.15, 0.2) is 46.9 Å². The number of benzene rings is 3. The van der Waals surface area contributed by atoms with Gasteiger partial charge in [0, 0.05) is 29.0 Å². The zero-order chi connectivity index (χ0) is 27.0. The molecule has 0 bridgehead atoms. The van der Waals surface area contributed by atoms with E-state index in [1.807, 2.05) is 0 Å². The molecule has 0 amide bonds. The summed E-state index contributed by atoms with van der Waals surface area (Å²) < 4.78 is 38.0. The maximum atomic E-state index is 15.4. The van der Waals surface area contributed by atoms with E-state index >= 15 is 4.39 Å². The smallest absolute Gasteiger partial charge is 0.217 e. The number of hydrogen-bond acceptors (Lipinski definition) is 1. The van der Waals surface area contributed by atoms with Gasteiger partial charge in [-0.15, -0.1) is 0 Å². The van der Waals surface area contributed by atoms with E-state index in [1.54, 1.807) is 12.1 Å². The summed E-state index contributed by atoms with van der Waals surface area (Å²) in [5, 5.41) is 3.67. The molecule has 0 aliphatic rings. The largest absolute Gasteiger partial charge is 0.455 e. The molecule has 0 radical (unpaired) electrons. The predicted molar refractivity (Wildman–Crippen MR) is 153 cm³/mol. The highest BCUT2D eigenvalue weighted by Crippen LogP contribution is 2.40. The summed E-state index contributed by atoms with van der Waals surface area (Å²) in [5.41, 5.74) is 7.75. The Balaban J connectivity index is 1.94. The van der Waals surface area contributed by atoms with E-state index in [0.29, 0.717) is 5.58 Å². The van der Waals surface area contributed by atoms with Gasteiger partial charge in [-0.25, -0.2) is 8.78 Å². The van der Waals surface area contributed by atoms with Gasteiger partial charge in [-0.1, -0.05) is 40.4 Å². The van der Waals surface area contributed by atoms with E-state index in [0.717, 1.165) is 66.8 Å². The van der Waals surface area contributed by atoms with Crippen molar-refractivity contribution in [3.05, 3.63) is 70.8 Å². The van der Waals surface area contributed by atoms with Crippen LogP contribution in [0.2, 0.25) is 19.6 Å². The van der Waals surface area contributed by atoms with Gasteiger partial charge in [0.05, 0.1) is 19.0 Å². The third kappa shape index (κ3) is 4.37. The number of furan rings is 1. The average Bonchev–Trinajstić information content (AvgIpc) is 3.11. The van der Waals surface area contributed by atoms with E-state index in [9.17, 15) is 4.39 Å². The van der Waals surface area contributed by atoms with E-state index in [-0.39, 0.29) is 17.0 Å². The maximum Gasteiger partial charge on any atom is 0.217 e. The lowest BCUT2D eigenvalue weighted by Crippen LogP contribution is -2.42. The average molecular weight is 517 g/mol. The molecule has 0 unspecified atom stereocenters. The molecule has 5 aromatic rings. The predicted octanol–water partition coefficient (Wildman–Crippen LogP) is 8.26. The molecule has 0 saturated carbocycles. The molecule has 2 heterocycles. The summed E-state index contributed by atoms with van der Waals surface area (Å²) >= 11 is 0. The Bertz CT molecular complexity index is 1720. The molecule has 5 heteroatoms. The zero-order valence-electron chi connectivity index (χ0n) is 23.4. The minimum absolute atomic E-state index is 0.0198. The van der Waals surface area contributed by atoms with Gasteiger partial charge in [-0.2, -0.15) is 4.57 Å². The minimum Gasteiger partial charge on any atom is -0.455 e. The summed E-state index contributed by atoms with van der Waals surface area (Å²) in [6.07, 6.45) is 0.808. The highest BCUT2D eigenvalue weighted by atomic mass is 28.3. The van der Waals surface area contributed by atoms with E-state index in [2.05, 4.69) is 84.1 Å². The second-order valence-corrected chi connectivity index (χ2v) is 17.8. The lowest BCUT2D eigenvalue weighted by Gasteiger charge is -2.22. The van der Waals surface area contributed by atoms with Gasteiger partial charge in [0.2, 0.25) is 11.2 Å². The minimum atomic E-state index is -1.91. The van der Waals surface area contributed by atoms with Gasteiger partial charge in [-0.05, 0) is 71.8 Å². The van der Waals surface area contributed by atoms with Crippen LogP contribution in [0.4, 0.5) is 8.78 Å². The molecule has 5 rings (SSSR count). The first-order valence-electron chi connectivity index (χ1n) is 12.9. The van der Waals surface area contributed by atoms with Crippen molar-refractivity contribution in [2.75, 3.05) is 0 Å². The number of halogens is 2. The van der Waals surface area contributed by atoms with E-state index < -0.39 is 8.07 Å². The summed E-state index contributed by atoms with van der Waals surface area (Å²) in [7, 11) is 0.143. The van der Waals surface area contributed by atoms with Gasteiger partial charge in [0.1, 0.15) is 29.8 Å². The van der Waals surface area contributed by atoms with Crippen LogP contribution in [0.5, 0.6) is 0 Å². The van der Waals surface area contributed by atoms with Gasteiger partial charge in [0.15, 0.2) is 0 Å². The summed E-state index contributed by atoms with van der Waals surface area (Å²) in [4.78, 5) is 0. The highest BCUT2D eigenvalue weighted by Gasteiger charge is 2.29. The molecule has 0 aliphatic heterocycles. The maximum absolute atomic E-state index is 15.4. The Kier molecular flexibility index (Phi) is 5.87. The Morgan fingerprint density at radius 1 is 0.892 bits per heavy atom. The molecule has 0 atom stereocenters. The first-order valence-corrected chi connectivity index (χ1v) is 16.4. The van der Waals surface area contributed by atoms with E-state index in [4.69, 9.17) is 4.42 Å². The molecule has 2 nitrogen and oxygen atoms in total. The first-order chi connectivity index (χ1) is 17.2.